The summed E-state index contributed by atoms with van der Waals surface area (Å²) < 4.78 is 78.2. The Morgan fingerprint density at radius 2 is 1.46 bits per heavy atom. The number of halogens is 6. The first-order chi connectivity index (χ1) is 11.9. The van der Waals surface area contributed by atoms with Crippen LogP contribution in [0.4, 0.5) is 32.0 Å². The quantitative estimate of drug-likeness (QED) is 0.714. The van der Waals surface area contributed by atoms with Gasteiger partial charge >= 0.3 is 12.4 Å². The fourth-order valence-electron chi connectivity index (χ4n) is 2.82. The van der Waals surface area contributed by atoms with Gasteiger partial charge in [-0.2, -0.15) is 26.3 Å². The van der Waals surface area contributed by atoms with Crippen LogP contribution in [0, 0.1) is 6.92 Å². The molecule has 0 radical (unpaired) electrons. The van der Waals surface area contributed by atoms with E-state index in [2.05, 4.69) is 5.32 Å². The molecule has 26 heavy (non-hydrogen) atoms. The van der Waals surface area contributed by atoms with Crippen LogP contribution in [-0.2, 0) is 11.8 Å². The molecular weight excluding hydrogens is 360 g/mol. The zero-order valence-corrected chi connectivity index (χ0v) is 14.0. The van der Waals surface area contributed by atoms with Gasteiger partial charge in [0.2, 0.25) is 0 Å². The first-order valence-corrected chi connectivity index (χ1v) is 7.62. The topological polar surface area (TPSA) is 32.3 Å². The van der Waals surface area contributed by atoms with E-state index in [9.17, 15) is 31.4 Å². The van der Waals surface area contributed by atoms with Crippen molar-refractivity contribution < 1.29 is 31.4 Å². The second-order valence-electron chi connectivity index (χ2n) is 6.01. The Bertz CT molecular complexity index is 784. The fraction of sp³-hybridized carbons (Fsp3) is 0.333. The maximum absolute atomic E-state index is 13.1. The molecule has 2 aromatic carbocycles. The summed E-state index contributed by atoms with van der Waals surface area (Å²) in [5.74, 6) is 0. The third kappa shape index (κ3) is 4.30. The Balaban J connectivity index is 2.65. The average Bonchev–Trinajstić information content (AvgIpc) is 2.52. The summed E-state index contributed by atoms with van der Waals surface area (Å²) in [7, 11) is 1.62. The molecule has 0 saturated carbocycles. The molecular formula is C18H17F6NO. The predicted molar refractivity (Wildman–Crippen MR) is 85.8 cm³/mol. The molecule has 0 bridgehead atoms. The van der Waals surface area contributed by atoms with E-state index in [1.54, 1.807) is 14.0 Å². The Labute approximate surface area is 146 Å². The minimum absolute atomic E-state index is 0.134. The van der Waals surface area contributed by atoms with Crippen molar-refractivity contribution in [3.8, 4) is 0 Å². The number of nitrogens with one attached hydrogen (secondary N) is 1. The van der Waals surface area contributed by atoms with Crippen LogP contribution in [0.15, 0.2) is 42.5 Å². The zero-order chi connectivity index (χ0) is 19.8. The highest BCUT2D eigenvalue weighted by molar-refractivity contribution is 5.54. The van der Waals surface area contributed by atoms with Crippen molar-refractivity contribution in [3.63, 3.8) is 0 Å². The number of anilines is 1. The van der Waals surface area contributed by atoms with Gasteiger partial charge in [0.05, 0.1) is 12.0 Å². The van der Waals surface area contributed by atoms with Crippen LogP contribution in [0.5, 0.6) is 0 Å². The molecule has 2 rings (SSSR count). The van der Waals surface area contributed by atoms with Crippen LogP contribution in [0.2, 0.25) is 0 Å². The summed E-state index contributed by atoms with van der Waals surface area (Å²) in [4.78, 5) is 0. The van der Waals surface area contributed by atoms with Crippen LogP contribution < -0.4 is 5.32 Å². The van der Waals surface area contributed by atoms with Crippen molar-refractivity contribution in [1.29, 1.82) is 0 Å². The fourth-order valence-corrected chi connectivity index (χ4v) is 2.82. The third-order valence-corrected chi connectivity index (χ3v) is 4.10. The lowest BCUT2D eigenvalue weighted by molar-refractivity contribution is -0.170. The van der Waals surface area contributed by atoms with Crippen molar-refractivity contribution in [3.05, 3.63) is 64.7 Å². The van der Waals surface area contributed by atoms with Gasteiger partial charge in [-0.05, 0) is 41.8 Å². The van der Waals surface area contributed by atoms with Crippen molar-refractivity contribution in [2.75, 3.05) is 12.4 Å². The predicted octanol–water partition coefficient (Wildman–Crippen LogP) is 5.24. The van der Waals surface area contributed by atoms with E-state index in [0.29, 0.717) is 17.3 Å². The molecule has 0 spiro atoms. The summed E-state index contributed by atoms with van der Waals surface area (Å²) >= 11 is 0. The summed E-state index contributed by atoms with van der Waals surface area (Å²) in [6, 6.07) is 7.40. The molecule has 2 N–H and O–H groups in total. The largest absolute Gasteiger partial charge is 0.416 e. The maximum Gasteiger partial charge on any atom is 0.416 e. The first kappa shape index (κ1) is 20.1. The summed E-state index contributed by atoms with van der Waals surface area (Å²) in [6.07, 6.45) is -11.2. The van der Waals surface area contributed by atoms with Gasteiger partial charge in [0, 0.05) is 12.7 Å². The highest BCUT2D eigenvalue weighted by Crippen LogP contribution is 2.42. The SMILES string of the molecule is CNc1ccc(C(O)(CC(F)(F)F)c2cccc(C(F)(F)F)c2)cc1C. The van der Waals surface area contributed by atoms with E-state index in [1.165, 1.54) is 18.2 Å². The molecule has 2 nitrogen and oxygen atoms in total. The molecule has 0 aromatic heterocycles. The van der Waals surface area contributed by atoms with E-state index >= 15 is 0 Å². The summed E-state index contributed by atoms with van der Waals surface area (Å²) in [5.41, 5.74) is -3.19. The number of rotatable bonds is 4. The zero-order valence-electron chi connectivity index (χ0n) is 14.0. The number of alkyl halides is 6. The van der Waals surface area contributed by atoms with Gasteiger partial charge in [0.25, 0.3) is 0 Å². The van der Waals surface area contributed by atoms with Gasteiger partial charge in [0.15, 0.2) is 0 Å². The molecule has 1 unspecified atom stereocenters. The van der Waals surface area contributed by atoms with Gasteiger partial charge in [0.1, 0.15) is 5.60 Å². The molecule has 0 aliphatic heterocycles. The first-order valence-electron chi connectivity index (χ1n) is 7.62. The molecule has 0 saturated heterocycles. The second-order valence-corrected chi connectivity index (χ2v) is 6.01. The van der Waals surface area contributed by atoms with Crippen molar-refractivity contribution >= 4 is 5.69 Å². The molecule has 0 aliphatic carbocycles. The lowest BCUT2D eigenvalue weighted by Crippen LogP contribution is -2.34. The van der Waals surface area contributed by atoms with E-state index in [1.807, 2.05) is 0 Å². The van der Waals surface area contributed by atoms with Crippen molar-refractivity contribution in [2.45, 2.75) is 31.3 Å². The lowest BCUT2D eigenvalue weighted by Gasteiger charge is -2.31. The van der Waals surface area contributed by atoms with Gasteiger partial charge in [-0.15, -0.1) is 0 Å². The van der Waals surface area contributed by atoms with Gasteiger partial charge in [-0.25, -0.2) is 0 Å². The molecule has 0 fully saturated rings. The van der Waals surface area contributed by atoms with Crippen molar-refractivity contribution in [1.82, 2.24) is 0 Å². The maximum atomic E-state index is 13.1. The number of hydrogen-bond acceptors (Lipinski definition) is 2. The number of benzene rings is 2. The second kappa shape index (κ2) is 6.83. The molecule has 8 heteroatoms. The highest BCUT2D eigenvalue weighted by atomic mass is 19.4. The molecule has 1 atom stereocenters. The molecule has 0 heterocycles. The van der Waals surface area contributed by atoms with Gasteiger partial charge < -0.3 is 10.4 Å². The molecule has 0 aliphatic rings. The average molecular weight is 377 g/mol. The van der Waals surface area contributed by atoms with Crippen LogP contribution >= 0.6 is 0 Å². The number of aliphatic hydroxyl groups is 1. The van der Waals surface area contributed by atoms with Crippen LogP contribution in [0.3, 0.4) is 0 Å². The summed E-state index contributed by atoms with van der Waals surface area (Å²) in [6.45, 7) is 1.62. The smallest absolute Gasteiger partial charge is 0.388 e. The van der Waals surface area contributed by atoms with E-state index in [0.717, 1.165) is 18.2 Å². The van der Waals surface area contributed by atoms with E-state index < -0.39 is 35.5 Å². The molecule has 2 aromatic rings. The molecule has 0 amide bonds. The Morgan fingerprint density at radius 1 is 0.885 bits per heavy atom. The van der Waals surface area contributed by atoms with Crippen LogP contribution in [0.25, 0.3) is 0 Å². The lowest BCUT2D eigenvalue weighted by atomic mass is 9.82. The van der Waals surface area contributed by atoms with Gasteiger partial charge in [-0.3, -0.25) is 0 Å². The standard InChI is InChI=1S/C18H17F6NO/c1-11-8-13(6-7-15(11)25-2)16(26,10-17(19,20)21)12-4-3-5-14(9-12)18(22,23)24/h3-9,25-26H,10H2,1-2H3. The van der Waals surface area contributed by atoms with Crippen LogP contribution in [-0.4, -0.2) is 18.3 Å². The number of aryl methyl sites for hydroxylation is 1. The Hall–Kier alpha value is -2.22. The minimum Gasteiger partial charge on any atom is -0.388 e. The van der Waals surface area contributed by atoms with Crippen LogP contribution in [0.1, 0.15) is 28.7 Å². The monoisotopic (exact) mass is 377 g/mol. The highest BCUT2D eigenvalue weighted by Gasteiger charge is 2.44. The molecule has 142 valence electrons. The minimum atomic E-state index is -4.79. The normalized spacial score (nSPS) is 14.8. The third-order valence-electron chi connectivity index (χ3n) is 4.10. The van der Waals surface area contributed by atoms with Crippen molar-refractivity contribution in [2.24, 2.45) is 0 Å². The Kier molecular flexibility index (Phi) is 5.28. The van der Waals surface area contributed by atoms with E-state index in [4.69, 9.17) is 0 Å². The number of hydrogen-bond donors (Lipinski definition) is 2. The van der Waals surface area contributed by atoms with E-state index in [-0.39, 0.29) is 5.56 Å². The van der Waals surface area contributed by atoms with Gasteiger partial charge in [-0.1, -0.05) is 24.3 Å². The summed E-state index contributed by atoms with van der Waals surface area (Å²) in [5, 5.41) is 13.7. The Morgan fingerprint density at radius 3 is 1.96 bits per heavy atom.